The van der Waals surface area contributed by atoms with Crippen LogP contribution in [-0.2, 0) is 6.54 Å². The summed E-state index contributed by atoms with van der Waals surface area (Å²) in [7, 11) is 0. The van der Waals surface area contributed by atoms with Crippen LogP contribution in [-0.4, -0.2) is 15.9 Å². The van der Waals surface area contributed by atoms with Crippen molar-refractivity contribution >= 4 is 17.4 Å². The van der Waals surface area contributed by atoms with Gasteiger partial charge in [-0.2, -0.15) is 16.7 Å². The van der Waals surface area contributed by atoms with Crippen LogP contribution in [0.2, 0.25) is 0 Å². The molecule has 1 fully saturated rings. The summed E-state index contributed by atoms with van der Waals surface area (Å²) >= 11 is 1.92. The van der Waals surface area contributed by atoms with E-state index in [9.17, 15) is 0 Å². The van der Waals surface area contributed by atoms with Crippen LogP contribution < -0.4 is 5.32 Å². The number of hydrogen-bond acceptors (Lipinski definition) is 5. The van der Waals surface area contributed by atoms with Gasteiger partial charge in [-0.05, 0) is 37.7 Å². The number of anilines is 1. The van der Waals surface area contributed by atoms with E-state index in [1.165, 1.54) is 17.7 Å². The summed E-state index contributed by atoms with van der Waals surface area (Å²) in [5.74, 6) is 2.71. The van der Waals surface area contributed by atoms with Crippen LogP contribution in [0.3, 0.4) is 0 Å². The minimum Gasteiger partial charge on any atom is -0.376 e. The summed E-state index contributed by atoms with van der Waals surface area (Å²) in [5.41, 5.74) is 2.32. The second-order valence-electron chi connectivity index (χ2n) is 4.77. The monoisotopic (exact) mass is 275 g/mol. The van der Waals surface area contributed by atoms with Crippen molar-refractivity contribution in [1.82, 2.24) is 10.1 Å². The van der Waals surface area contributed by atoms with Crippen molar-refractivity contribution < 1.29 is 4.52 Å². The first-order valence-corrected chi connectivity index (χ1v) is 7.61. The molecule has 0 amide bonds. The summed E-state index contributed by atoms with van der Waals surface area (Å²) in [6.07, 6.45) is 2.41. The molecule has 3 rings (SSSR count). The first kappa shape index (κ1) is 12.5. The molecular weight excluding hydrogens is 258 g/mol. The van der Waals surface area contributed by atoms with Gasteiger partial charge in [0.1, 0.15) is 0 Å². The van der Waals surface area contributed by atoms with Crippen LogP contribution in [0.4, 0.5) is 5.69 Å². The number of rotatable bonds is 4. The third kappa shape index (κ3) is 3.10. The fraction of sp³-hybridized carbons (Fsp3) is 0.429. The highest BCUT2D eigenvalue weighted by molar-refractivity contribution is 7.99. The smallest absolute Gasteiger partial charge is 0.245 e. The van der Waals surface area contributed by atoms with E-state index < -0.39 is 0 Å². The molecule has 1 atom stereocenters. The van der Waals surface area contributed by atoms with E-state index in [0.717, 1.165) is 17.9 Å². The van der Waals surface area contributed by atoms with E-state index in [1.807, 2.05) is 11.8 Å². The van der Waals surface area contributed by atoms with Crippen LogP contribution in [0.25, 0.3) is 0 Å². The molecule has 0 aliphatic carbocycles. The standard InChI is InChI=1S/C14H17N3OS/c1-10-4-6-11(7-5-10)15-9-13-16-14(17-18-13)12-3-2-8-19-12/h4-7,12,15H,2-3,8-9H2,1H3. The zero-order chi connectivity index (χ0) is 13.1. The predicted octanol–water partition coefficient (Wildman–Crippen LogP) is 3.56. The van der Waals surface area contributed by atoms with E-state index in [2.05, 4.69) is 46.6 Å². The number of nitrogens with zero attached hydrogens (tertiary/aromatic N) is 2. The van der Waals surface area contributed by atoms with Crippen molar-refractivity contribution in [3.05, 3.63) is 41.5 Å². The molecule has 0 saturated carbocycles. The summed E-state index contributed by atoms with van der Waals surface area (Å²) in [5, 5.41) is 7.79. The van der Waals surface area contributed by atoms with Gasteiger partial charge in [0, 0.05) is 5.69 Å². The van der Waals surface area contributed by atoms with Crippen molar-refractivity contribution in [3.8, 4) is 0 Å². The SMILES string of the molecule is Cc1ccc(NCc2nc(C3CCCS3)no2)cc1. The maximum atomic E-state index is 5.29. The van der Waals surface area contributed by atoms with Gasteiger partial charge in [-0.15, -0.1) is 0 Å². The Morgan fingerprint density at radius 3 is 2.95 bits per heavy atom. The van der Waals surface area contributed by atoms with Gasteiger partial charge < -0.3 is 9.84 Å². The maximum Gasteiger partial charge on any atom is 0.245 e. The zero-order valence-corrected chi connectivity index (χ0v) is 11.7. The topological polar surface area (TPSA) is 51.0 Å². The third-order valence-corrected chi connectivity index (χ3v) is 4.57. The lowest BCUT2D eigenvalue weighted by atomic mass is 10.2. The Labute approximate surface area is 117 Å². The average molecular weight is 275 g/mol. The molecule has 1 aliphatic rings. The molecule has 2 heterocycles. The first-order chi connectivity index (χ1) is 9.31. The Kier molecular flexibility index (Phi) is 3.73. The molecule has 100 valence electrons. The molecular formula is C14H17N3OS. The van der Waals surface area contributed by atoms with Crippen molar-refractivity contribution in [1.29, 1.82) is 0 Å². The highest BCUT2D eigenvalue weighted by Crippen LogP contribution is 2.38. The molecule has 1 saturated heterocycles. The lowest BCUT2D eigenvalue weighted by molar-refractivity contribution is 0.377. The molecule has 19 heavy (non-hydrogen) atoms. The van der Waals surface area contributed by atoms with E-state index in [4.69, 9.17) is 4.52 Å². The molecule has 2 aromatic rings. The molecule has 1 aromatic heterocycles. The number of aromatic nitrogens is 2. The maximum absolute atomic E-state index is 5.29. The highest BCUT2D eigenvalue weighted by Gasteiger charge is 2.22. The summed E-state index contributed by atoms with van der Waals surface area (Å²) in [6, 6.07) is 8.27. The Morgan fingerprint density at radius 1 is 1.37 bits per heavy atom. The van der Waals surface area contributed by atoms with Crippen molar-refractivity contribution in [2.75, 3.05) is 11.1 Å². The first-order valence-electron chi connectivity index (χ1n) is 6.56. The average Bonchev–Trinajstić information content (AvgIpc) is 3.09. The van der Waals surface area contributed by atoms with Crippen LogP contribution in [0.5, 0.6) is 0 Å². The van der Waals surface area contributed by atoms with E-state index in [-0.39, 0.29) is 0 Å². The van der Waals surface area contributed by atoms with Gasteiger partial charge in [0.05, 0.1) is 11.8 Å². The zero-order valence-electron chi connectivity index (χ0n) is 10.9. The normalized spacial score (nSPS) is 18.7. The molecule has 4 nitrogen and oxygen atoms in total. The largest absolute Gasteiger partial charge is 0.376 e. The lowest BCUT2D eigenvalue weighted by Gasteiger charge is -2.03. The summed E-state index contributed by atoms with van der Waals surface area (Å²) < 4.78 is 5.29. The van der Waals surface area contributed by atoms with Crippen LogP contribution >= 0.6 is 11.8 Å². The van der Waals surface area contributed by atoms with E-state index in [0.29, 0.717) is 17.7 Å². The fourth-order valence-corrected chi connectivity index (χ4v) is 3.30. The number of hydrogen-bond donors (Lipinski definition) is 1. The minimum atomic E-state index is 0.428. The van der Waals surface area contributed by atoms with Gasteiger partial charge in [0.2, 0.25) is 5.89 Å². The Balaban J connectivity index is 1.59. The molecule has 5 heteroatoms. The fourth-order valence-electron chi connectivity index (χ4n) is 2.10. The summed E-state index contributed by atoms with van der Waals surface area (Å²) in [4.78, 5) is 4.46. The number of benzene rings is 1. The number of aryl methyl sites for hydroxylation is 1. The van der Waals surface area contributed by atoms with Crippen molar-refractivity contribution in [3.63, 3.8) is 0 Å². The van der Waals surface area contributed by atoms with Gasteiger partial charge in [-0.25, -0.2) is 0 Å². The Morgan fingerprint density at radius 2 is 2.21 bits per heavy atom. The van der Waals surface area contributed by atoms with E-state index >= 15 is 0 Å². The molecule has 1 N–H and O–H groups in total. The Hall–Kier alpha value is -1.49. The molecule has 1 unspecified atom stereocenters. The minimum absolute atomic E-state index is 0.428. The van der Waals surface area contributed by atoms with Gasteiger partial charge in [0.15, 0.2) is 5.82 Å². The molecule has 0 bridgehead atoms. The van der Waals surface area contributed by atoms with Gasteiger partial charge in [-0.3, -0.25) is 0 Å². The van der Waals surface area contributed by atoms with Crippen LogP contribution in [0, 0.1) is 6.92 Å². The second-order valence-corrected chi connectivity index (χ2v) is 6.08. The van der Waals surface area contributed by atoms with Crippen molar-refractivity contribution in [2.24, 2.45) is 0 Å². The number of nitrogens with one attached hydrogen (secondary N) is 1. The molecule has 0 radical (unpaired) electrons. The molecule has 0 spiro atoms. The quantitative estimate of drug-likeness (QED) is 0.924. The van der Waals surface area contributed by atoms with Crippen molar-refractivity contribution in [2.45, 2.75) is 31.6 Å². The second kappa shape index (κ2) is 5.65. The van der Waals surface area contributed by atoms with Gasteiger partial charge in [0.25, 0.3) is 0 Å². The van der Waals surface area contributed by atoms with Gasteiger partial charge in [-0.1, -0.05) is 22.9 Å². The number of thioether (sulfide) groups is 1. The van der Waals surface area contributed by atoms with Crippen LogP contribution in [0.1, 0.15) is 35.4 Å². The molecule has 1 aliphatic heterocycles. The third-order valence-electron chi connectivity index (χ3n) is 3.20. The highest BCUT2D eigenvalue weighted by atomic mass is 32.2. The van der Waals surface area contributed by atoms with Crippen LogP contribution in [0.15, 0.2) is 28.8 Å². The molecule has 1 aromatic carbocycles. The Bertz CT molecular complexity index is 532. The van der Waals surface area contributed by atoms with E-state index in [1.54, 1.807) is 0 Å². The van der Waals surface area contributed by atoms with Gasteiger partial charge >= 0.3 is 0 Å². The summed E-state index contributed by atoms with van der Waals surface area (Å²) in [6.45, 7) is 2.65. The lowest BCUT2D eigenvalue weighted by Crippen LogP contribution is -2.00. The predicted molar refractivity (Wildman–Crippen MR) is 77.2 cm³/mol.